The highest BCUT2D eigenvalue weighted by molar-refractivity contribution is 7.89. The van der Waals surface area contributed by atoms with Crippen LogP contribution in [0.15, 0.2) is 53.4 Å². The summed E-state index contributed by atoms with van der Waals surface area (Å²) in [5, 5.41) is 0. The van der Waals surface area contributed by atoms with Crippen LogP contribution < -0.4 is 0 Å². The van der Waals surface area contributed by atoms with Crippen LogP contribution in [0, 0.1) is 12.8 Å². The molecular weight excluding hydrogens is 530 g/mol. The average molecular weight is 574 g/mol. The van der Waals surface area contributed by atoms with Gasteiger partial charge < -0.3 is 14.0 Å². The number of piperidine rings is 1. The van der Waals surface area contributed by atoms with E-state index in [4.69, 9.17) is 9.16 Å². The Balaban J connectivity index is 2.21. The van der Waals surface area contributed by atoms with E-state index in [1.54, 1.807) is 36.4 Å². The van der Waals surface area contributed by atoms with E-state index < -0.39 is 42.2 Å². The molecule has 2 aromatic carbocycles. The highest BCUT2D eigenvalue weighted by atomic mass is 32.2. The Labute approximate surface area is 235 Å². The standard InChI is InChI=1S/C30H43NO6SSi/c1-20(2)39(21(3)4,22(5)6)37-28-18-31(38(34,35)25-15-13-23(7)14-16-25)17-24(19-32)29(28)26-11-9-10-12-27(26)30(33)36-8/h9-16,19-22,24,28-29H,17-18H2,1-8H3/t24-,28-,29+/m1/s1. The smallest absolute Gasteiger partial charge is 0.338 e. The molecule has 0 N–H and O–H groups in total. The first kappa shape index (κ1) is 31.2. The van der Waals surface area contributed by atoms with Gasteiger partial charge in [-0.05, 0) is 47.3 Å². The van der Waals surface area contributed by atoms with Crippen LogP contribution in [0.1, 0.15) is 68.9 Å². The Morgan fingerprint density at radius 3 is 2.03 bits per heavy atom. The number of carbonyl (C=O) groups excluding carboxylic acids is 2. The summed E-state index contributed by atoms with van der Waals surface area (Å²) in [6, 6.07) is 13.8. The predicted octanol–water partition coefficient (Wildman–Crippen LogP) is 5.95. The van der Waals surface area contributed by atoms with Crippen LogP contribution in [0.3, 0.4) is 0 Å². The van der Waals surface area contributed by atoms with Gasteiger partial charge in [0.25, 0.3) is 0 Å². The number of hydrogen-bond donors (Lipinski definition) is 0. The zero-order chi connectivity index (χ0) is 29.1. The summed E-state index contributed by atoms with van der Waals surface area (Å²) in [7, 11) is -5.07. The quantitative estimate of drug-likeness (QED) is 0.198. The lowest BCUT2D eigenvalue weighted by molar-refractivity contribution is -0.114. The van der Waals surface area contributed by atoms with Gasteiger partial charge in [0.05, 0.1) is 23.7 Å². The largest absolute Gasteiger partial charge is 0.465 e. The molecule has 0 aliphatic carbocycles. The van der Waals surface area contributed by atoms with Gasteiger partial charge in [-0.3, -0.25) is 0 Å². The van der Waals surface area contributed by atoms with Crippen molar-refractivity contribution in [1.29, 1.82) is 0 Å². The molecule has 2 aromatic rings. The lowest BCUT2D eigenvalue weighted by Gasteiger charge is -2.50. The van der Waals surface area contributed by atoms with Crippen molar-refractivity contribution in [2.24, 2.45) is 5.92 Å². The molecule has 9 heteroatoms. The average Bonchev–Trinajstić information content (AvgIpc) is 2.90. The molecule has 1 heterocycles. The van der Waals surface area contributed by atoms with Crippen molar-refractivity contribution < 1.29 is 27.2 Å². The molecule has 0 unspecified atom stereocenters. The van der Waals surface area contributed by atoms with Crippen molar-refractivity contribution in [3.05, 3.63) is 65.2 Å². The Bertz CT molecular complexity index is 1240. The fourth-order valence-electron chi connectivity index (χ4n) is 6.49. The number of nitrogens with zero attached hydrogens (tertiary/aromatic N) is 1. The molecule has 1 aliphatic heterocycles. The number of ether oxygens (including phenoxy) is 1. The molecule has 214 valence electrons. The number of benzene rings is 2. The van der Waals surface area contributed by atoms with E-state index in [0.717, 1.165) is 11.8 Å². The van der Waals surface area contributed by atoms with Gasteiger partial charge in [-0.2, -0.15) is 4.31 Å². The first-order chi connectivity index (χ1) is 18.3. The number of methoxy groups -OCH3 is 1. The Kier molecular flexibility index (Phi) is 9.96. The molecule has 0 aromatic heterocycles. The van der Waals surface area contributed by atoms with E-state index in [1.807, 2.05) is 19.1 Å². The minimum atomic E-state index is -3.89. The van der Waals surface area contributed by atoms with Crippen LogP contribution in [0.2, 0.25) is 16.6 Å². The maximum Gasteiger partial charge on any atom is 0.338 e. The third-order valence-electron chi connectivity index (χ3n) is 8.28. The minimum Gasteiger partial charge on any atom is -0.465 e. The summed E-state index contributed by atoms with van der Waals surface area (Å²) in [6.07, 6.45) is 0.189. The molecule has 0 radical (unpaired) electrons. The molecule has 1 aliphatic rings. The molecule has 3 atom stereocenters. The maximum atomic E-state index is 13.8. The molecule has 1 saturated heterocycles. The molecule has 0 bridgehead atoms. The monoisotopic (exact) mass is 573 g/mol. The number of esters is 1. The van der Waals surface area contributed by atoms with Gasteiger partial charge in [0.2, 0.25) is 18.3 Å². The van der Waals surface area contributed by atoms with Crippen LogP contribution in [-0.2, 0) is 24.0 Å². The molecular formula is C30H43NO6SSi. The molecule has 0 spiro atoms. The van der Waals surface area contributed by atoms with Gasteiger partial charge in [-0.1, -0.05) is 77.4 Å². The number of rotatable bonds is 10. The number of hydrogen-bond acceptors (Lipinski definition) is 6. The van der Waals surface area contributed by atoms with Gasteiger partial charge in [0.15, 0.2) is 0 Å². The van der Waals surface area contributed by atoms with Crippen molar-refractivity contribution in [2.75, 3.05) is 20.2 Å². The molecule has 0 saturated carbocycles. The minimum absolute atomic E-state index is 0.000660. The van der Waals surface area contributed by atoms with E-state index in [2.05, 4.69) is 41.5 Å². The molecule has 1 fully saturated rings. The molecule has 39 heavy (non-hydrogen) atoms. The SMILES string of the molecule is COC(=O)c1ccccc1[C@@H]1[C@@H](C=O)CN(S(=O)(=O)c2ccc(C)cc2)C[C@H]1O[Si](C(C)C)(C(C)C)C(C)C. The first-order valence-corrected chi connectivity index (χ1v) is 17.3. The van der Waals surface area contributed by atoms with Gasteiger partial charge >= 0.3 is 5.97 Å². The second-order valence-electron chi connectivity index (χ2n) is 11.5. The summed E-state index contributed by atoms with van der Waals surface area (Å²) in [5.74, 6) is -1.72. The van der Waals surface area contributed by atoms with E-state index in [-0.39, 0.29) is 34.6 Å². The van der Waals surface area contributed by atoms with Crippen molar-refractivity contribution in [3.63, 3.8) is 0 Å². The van der Waals surface area contributed by atoms with Crippen LogP contribution in [0.25, 0.3) is 0 Å². The van der Waals surface area contributed by atoms with Gasteiger partial charge in [0, 0.05) is 24.9 Å². The fraction of sp³-hybridized carbons (Fsp3) is 0.533. The van der Waals surface area contributed by atoms with E-state index in [0.29, 0.717) is 11.1 Å². The molecule has 0 amide bonds. The van der Waals surface area contributed by atoms with Crippen molar-refractivity contribution in [2.45, 2.75) is 82.0 Å². The zero-order valence-corrected chi connectivity index (χ0v) is 26.2. The first-order valence-electron chi connectivity index (χ1n) is 13.7. The lowest BCUT2D eigenvalue weighted by Crippen LogP contribution is -2.58. The van der Waals surface area contributed by atoms with E-state index >= 15 is 0 Å². The van der Waals surface area contributed by atoms with Crippen LogP contribution in [0.4, 0.5) is 0 Å². The summed E-state index contributed by atoms with van der Waals surface area (Å²) in [6.45, 7) is 15.0. The van der Waals surface area contributed by atoms with Crippen molar-refractivity contribution >= 4 is 30.6 Å². The summed E-state index contributed by atoms with van der Waals surface area (Å²) in [4.78, 5) is 25.6. The summed E-state index contributed by atoms with van der Waals surface area (Å²) in [5.41, 5.74) is 2.71. The second-order valence-corrected chi connectivity index (χ2v) is 18.9. The van der Waals surface area contributed by atoms with Crippen LogP contribution in [-0.4, -0.2) is 59.6 Å². The van der Waals surface area contributed by atoms with Crippen molar-refractivity contribution in [1.82, 2.24) is 4.31 Å². The third-order valence-corrected chi connectivity index (χ3v) is 16.3. The number of carbonyl (C=O) groups is 2. The number of aryl methyl sites for hydroxylation is 1. The molecule has 3 rings (SSSR count). The van der Waals surface area contributed by atoms with E-state index in [1.165, 1.54) is 11.4 Å². The van der Waals surface area contributed by atoms with Gasteiger partial charge in [-0.25, -0.2) is 13.2 Å². The van der Waals surface area contributed by atoms with Gasteiger partial charge in [0.1, 0.15) is 6.29 Å². The second kappa shape index (κ2) is 12.5. The Morgan fingerprint density at radius 1 is 0.949 bits per heavy atom. The maximum absolute atomic E-state index is 13.8. The zero-order valence-electron chi connectivity index (χ0n) is 24.4. The van der Waals surface area contributed by atoms with Crippen LogP contribution >= 0.6 is 0 Å². The van der Waals surface area contributed by atoms with Crippen molar-refractivity contribution in [3.8, 4) is 0 Å². The Morgan fingerprint density at radius 2 is 1.51 bits per heavy atom. The van der Waals surface area contributed by atoms with Gasteiger partial charge in [-0.15, -0.1) is 0 Å². The fourth-order valence-corrected chi connectivity index (χ4v) is 13.5. The number of aldehydes is 1. The third kappa shape index (κ3) is 6.06. The highest BCUT2D eigenvalue weighted by Crippen LogP contribution is 2.47. The van der Waals surface area contributed by atoms with Crippen LogP contribution in [0.5, 0.6) is 0 Å². The van der Waals surface area contributed by atoms with E-state index in [9.17, 15) is 18.0 Å². The predicted molar refractivity (Wildman–Crippen MR) is 156 cm³/mol. The highest BCUT2D eigenvalue weighted by Gasteiger charge is 2.51. The number of sulfonamides is 1. The Hall–Kier alpha value is -2.33. The molecule has 7 nitrogen and oxygen atoms in total. The summed E-state index contributed by atoms with van der Waals surface area (Å²) >= 11 is 0. The summed E-state index contributed by atoms with van der Waals surface area (Å²) < 4.78 is 41.3. The normalized spacial score (nSPS) is 20.9. The topological polar surface area (TPSA) is 90.0 Å². The lowest BCUT2D eigenvalue weighted by atomic mass is 9.78.